The van der Waals surface area contributed by atoms with E-state index in [-0.39, 0.29) is 18.4 Å². The summed E-state index contributed by atoms with van der Waals surface area (Å²) in [5.41, 5.74) is 5.61. The number of hydrogen-bond acceptors (Lipinski definition) is 6. The van der Waals surface area contributed by atoms with E-state index in [0.717, 1.165) is 17.0 Å². The van der Waals surface area contributed by atoms with Crippen LogP contribution in [0.3, 0.4) is 0 Å². The smallest absolute Gasteiger partial charge is 0.289 e. The molecule has 1 fully saturated rings. The molecule has 1 saturated heterocycles. The Morgan fingerprint density at radius 2 is 1.75 bits per heavy atom. The van der Waals surface area contributed by atoms with Crippen LogP contribution >= 0.6 is 11.3 Å². The Bertz CT molecular complexity index is 1120. The van der Waals surface area contributed by atoms with Gasteiger partial charge in [0.1, 0.15) is 5.76 Å². The summed E-state index contributed by atoms with van der Waals surface area (Å²) in [5, 5.41) is 5.51. The molecule has 168 valence electrons. The molecule has 32 heavy (non-hydrogen) atoms. The number of carbonyl (C=O) groups is 2. The largest absolute Gasteiger partial charge is 0.456 e. The highest BCUT2D eigenvalue weighted by Crippen LogP contribution is 2.31. The van der Waals surface area contributed by atoms with Crippen LogP contribution in [0.25, 0.3) is 11.3 Å². The lowest BCUT2D eigenvalue weighted by molar-refractivity contribution is -0.117. The Morgan fingerprint density at radius 1 is 1.06 bits per heavy atom. The van der Waals surface area contributed by atoms with Crippen LogP contribution in [0.5, 0.6) is 0 Å². The van der Waals surface area contributed by atoms with Crippen LogP contribution in [-0.4, -0.2) is 59.3 Å². The molecular formula is C24H28N4O3S. The van der Waals surface area contributed by atoms with Gasteiger partial charge in [-0.05, 0) is 51.0 Å². The van der Waals surface area contributed by atoms with E-state index < -0.39 is 0 Å². The summed E-state index contributed by atoms with van der Waals surface area (Å²) >= 11 is 1.44. The van der Waals surface area contributed by atoms with Gasteiger partial charge in [0.15, 0.2) is 10.9 Å². The molecule has 1 aliphatic heterocycles. The number of aromatic nitrogens is 1. The number of piperazine rings is 1. The third-order valence-electron chi connectivity index (χ3n) is 5.66. The van der Waals surface area contributed by atoms with Gasteiger partial charge in [0.2, 0.25) is 5.91 Å². The second-order valence-corrected chi connectivity index (χ2v) is 9.20. The molecule has 0 atom stereocenters. The first-order valence-corrected chi connectivity index (χ1v) is 11.6. The summed E-state index contributed by atoms with van der Waals surface area (Å²) in [7, 11) is 0. The summed E-state index contributed by atoms with van der Waals surface area (Å²) < 4.78 is 5.44. The Balaban J connectivity index is 1.30. The van der Waals surface area contributed by atoms with Gasteiger partial charge in [-0.25, -0.2) is 4.98 Å². The van der Waals surface area contributed by atoms with Crippen LogP contribution in [0.1, 0.15) is 33.0 Å². The molecule has 1 aromatic carbocycles. The molecule has 0 spiro atoms. The number of benzene rings is 1. The quantitative estimate of drug-likeness (QED) is 0.632. The second-order valence-electron chi connectivity index (χ2n) is 8.34. The minimum atomic E-state index is -0.0980. The van der Waals surface area contributed by atoms with Crippen molar-refractivity contribution in [3.05, 3.63) is 57.9 Å². The summed E-state index contributed by atoms with van der Waals surface area (Å²) in [4.78, 5) is 33.5. The van der Waals surface area contributed by atoms with Crippen LogP contribution in [0, 0.1) is 27.7 Å². The lowest BCUT2D eigenvalue weighted by Crippen LogP contribution is -2.50. The van der Waals surface area contributed by atoms with Crippen molar-refractivity contribution in [3.8, 4) is 11.3 Å². The van der Waals surface area contributed by atoms with E-state index in [9.17, 15) is 9.59 Å². The van der Waals surface area contributed by atoms with Crippen LogP contribution in [0.2, 0.25) is 0 Å². The van der Waals surface area contributed by atoms with Crippen molar-refractivity contribution in [2.24, 2.45) is 0 Å². The number of rotatable bonds is 5. The molecule has 0 bridgehead atoms. The van der Waals surface area contributed by atoms with Gasteiger partial charge in [-0.3, -0.25) is 14.5 Å². The zero-order valence-electron chi connectivity index (χ0n) is 18.9. The van der Waals surface area contributed by atoms with Crippen molar-refractivity contribution in [3.63, 3.8) is 0 Å². The molecule has 2 aromatic heterocycles. The number of amides is 2. The third kappa shape index (κ3) is 4.92. The maximum atomic E-state index is 12.6. The highest BCUT2D eigenvalue weighted by molar-refractivity contribution is 7.14. The SMILES string of the molecule is Cc1cc(C)c(-c2csc(NC(=O)CN3CCN(C(=O)c4ccc(C)o4)CC3)n2)c(C)c1. The molecule has 0 aliphatic carbocycles. The molecule has 1 N–H and O–H groups in total. The maximum Gasteiger partial charge on any atom is 0.289 e. The van der Waals surface area contributed by atoms with Crippen molar-refractivity contribution < 1.29 is 14.0 Å². The Labute approximate surface area is 192 Å². The van der Waals surface area contributed by atoms with Gasteiger partial charge >= 0.3 is 0 Å². The standard InChI is InChI=1S/C24H28N4O3S/c1-15-11-16(2)22(17(3)12-15)19-14-32-24(25-19)26-21(29)13-27-7-9-28(10-8-27)23(30)20-6-5-18(4)31-20/h5-6,11-12,14H,7-10,13H2,1-4H3,(H,25,26,29). The van der Waals surface area contributed by atoms with Crippen LogP contribution in [0.15, 0.2) is 34.1 Å². The molecule has 1 aliphatic rings. The number of hydrogen-bond donors (Lipinski definition) is 1. The number of furan rings is 1. The first-order chi connectivity index (χ1) is 15.3. The van der Waals surface area contributed by atoms with E-state index in [1.807, 2.05) is 12.3 Å². The lowest BCUT2D eigenvalue weighted by Gasteiger charge is -2.33. The minimum Gasteiger partial charge on any atom is -0.456 e. The Morgan fingerprint density at radius 3 is 2.38 bits per heavy atom. The molecular weight excluding hydrogens is 424 g/mol. The summed E-state index contributed by atoms with van der Waals surface area (Å²) in [6, 6.07) is 7.80. The fraction of sp³-hybridized carbons (Fsp3) is 0.375. The van der Waals surface area contributed by atoms with E-state index in [0.29, 0.717) is 37.1 Å². The van der Waals surface area contributed by atoms with Crippen LogP contribution in [0.4, 0.5) is 5.13 Å². The molecule has 8 heteroatoms. The molecule has 0 radical (unpaired) electrons. The number of thiazole rings is 1. The number of anilines is 1. The van der Waals surface area contributed by atoms with E-state index in [1.54, 1.807) is 17.0 Å². The lowest BCUT2D eigenvalue weighted by atomic mass is 9.98. The average molecular weight is 453 g/mol. The monoisotopic (exact) mass is 452 g/mol. The molecule has 7 nitrogen and oxygen atoms in total. The number of nitrogens with zero attached hydrogens (tertiary/aromatic N) is 3. The fourth-order valence-electron chi connectivity index (χ4n) is 4.21. The van der Waals surface area contributed by atoms with Gasteiger partial charge in [-0.15, -0.1) is 11.3 Å². The van der Waals surface area contributed by atoms with Gasteiger partial charge in [-0.1, -0.05) is 17.7 Å². The van der Waals surface area contributed by atoms with Crippen LogP contribution in [-0.2, 0) is 4.79 Å². The zero-order valence-corrected chi connectivity index (χ0v) is 19.7. The third-order valence-corrected chi connectivity index (χ3v) is 6.42. The molecule has 0 unspecified atom stereocenters. The Hall–Kier alpha value is -2.97. The van der Waals surface area contributed by atoms with Gasteiger partial charge in [0, 0.05) is 37.1 Å². The maximum absolute atomic E-state index is 12.6. The normalized spacial score (nSPS) is 14.6. The minimum absolute atomic E-state index is 0.0929. The number of nitrogens with one attached hydrogen (secondary N) is 1. The molecule has 3 heterocycles. The van der Waals surface area contributed by atoms with Crippen molar-refractivity contribution in [2.45, 2.75) is 27.7 Å². The predicted molar refractivity (Wildman–Crippen MR) is 126 cm³/mol. The topological polar surface area (TPSA) is 78.7 Å². The first kappa shape index (κ1) is 22.2. The summed E-state index contributed by atoms with van der Waals surface area (Å²) in [6.45, 7) is 10.8. The highest BCUT2D eigenvalue weighted by atomic mass is 32.1. The van der Waals surface area contributed by atoms with E-state index >= 15 is 0 Å². The van der Waals surface area contributed by atoms with E-state index in [1.165, 1.54) is 28.0 Å². The van der Waals surface area contributed by atoms with Crippen molar-refractivity contribution in [1.29, 1.82) is 0 Å². The number of aryl methyl sites for hydroxylation is 4. The first-order valence-electron chi connectivity index (χ1n) is 10.7. The van der Waals surface area contributed by atoms with E-state index in [4.69, 9.17) is 4.42 Å². The van der Waals surface area contributed by atoms with Gasteiger partial charge in [0.05, 0.1) is 12.2 Å². The van der Waals surface area contributed by atoms with Gasteiger partial charge in [-0.2, -0.15) is 0 Å². The molecule has 4 rings (SSSR count). The van der Waals surface area contributed by atoms with Gasteiger partial charge < -0.3 is 14.6 Å². The average Bonchev–Trinajstić information content (AvgIpc) is 3.36. The van der Waals surface area contributed by atoms with Crippen molar-refractivity contribution in [2.75, 3.05) is 38.0 Å². The van der Waals surface area contributed by atoms with Crippen molar-refractivity contribution >= 4 is 28.3 Å². The fourth-order valence-corrected chi connectivity index (χ4v) is 4.92. The zero-order chi connectivity index (χ0) is 22.8. The predicted octanol–water partition coefficient (Wildman–Crippen LogP) is 4.03. The highest BCUT2D eigenvalue weighted by Gasteiger charge is 2.25. The molecule has 0 saturated carbocycles. The molecule has 3 aromatic rings. The summed E-state index contributed by atoms with van der Waals surface area (Å²) in [5.74, 6) is 0.901. The molecule has 2 amide bonds. The number of carbonyl (C=O) groups excluding carboxylic acids is 2. The van der Waals surface area contributed by atoms with E-state index in [2.05, 4.69) is 48.1 Å². The van der Waals surface area contributed by atoms with Gasteiger partial charge in [0.25, 0.3) is 5.91 Å². The Kier molecular flexibility index (Phi) is 6.43. The second kappa shape index (κ2) is 9.26. The summed E-state index contributed by atoms with van der Waals surface area (Å²) in [6.07, 6.45) is 0. The van der Waals surface area contributed by atoms with Crippen molar-refractivity contribution in [1.82, 2.24) is 14.8 Å². The van der Waals surface area contributed by atoms with Crippen LogP contribution < -0.4 is 5.32 Å².